The average molecular weight is 377 g/mol. The Balaban J connectivity index is 2.80. The van der Waals surface area contributed by atoms with Crippen molar-refractivity contribution >= 4 is 53.1 Å². The molecule has 0 aliphatic heterocycles. The zero-order chi connectivity index (χ0) is 14.0. The van der Waals surface area contributed by atoms with E-state index in [1.165, 1.54) is 18.2 Å². The quantitative estimate of drug-likeness (QED) is 0.851. The highest BCUT2D eigenvalue weighted by Crippen LogP contribution is 2.26. The highest BCUT2D eigenvalue weighted by Gasteiger charge is 2.14. The van der Waals surface area contributed by atoms with Crippen LogP contribution in [0.2, 0.25) is 5.02 Å². The Hall–Kier alpha value is -0.310. The van der Waals surface area contributed by atoms with Crippen LogP contribution in [0.4, 0.5) is 5.69 Å². The van der Waals surface area contributed by atoms with Gasteiger partial charge >= 0.3 is 0 Å². The van der Waals surface area contributed by atoms with Gasteiger partial charge in [-0.2, -0.15) is 0 Å². The lowest BCUT2D eigenvalue weighted by Gasteiger charge is -2.08. The van der Waals surface area contributed by atoms with Gasteiger partial charge in [0.05, 0.1) is 16.5 Å². The van der Waals surface area contributed by atoms with Crippen LogP contribution in [0.15, 0.2) is 22.7 Å². The topological polar surface area (TPSA) is 80.3 Å². The van der Waals surface area contributed by atoms with Crippen LogP contribution >= 0.6 is 27.5 Å². The maximum atomic E-state index is 11.6. The molecule has 0 heterocycles. The summed E-state index contributed by atoms with van der Waals surface area (Å²) in [6.07, 6.45) is 0.987. The lowest BCUT2D eigenvalue weighted by Crippen LogP contribution is -2.22. The van der Waals surface area contributed by atoms with Crippen molar-refractivity contribution in [2.75, 3.05) is 22.5 Å². The molecule has 0 radical (unpaired) electrons. The minimum atomic E-state index is -3.69. The number of sulfone groups is 1. The molecule has 1 rings (SSSR count). The van der Waals surface area contributed by atoms with Crippen LogP contribution < -0.4 is 4.72 Å². The van der Waals surface area contributed by atoms with Crippen LogP contribution in [0.5, 0.6) is 0 Å². The van der Waals surface area contributed by atoms with Crippen LogP contribution in [0.1, 0.15) is 0 Å². The van der Waals surface area contributed by atoms with Gasteiger partial charge in [-0.3, -0.25) is 4.72 Å². The molecule has 0 atom stereocenters. The van der Waals surface area contributed by atoms with Crippen molar-refractivity contribution in [2.45, 2.75) is 0 Å². The standard InChI is InChI=1S/C9H11BrClNO4S2/c1-17(13,14)4-5-18(15,16)12-7-2-3-9(11)8(10)6-7/h2-3,6,12H,4-5H2,1H3. The fourth-order valence-electron chi connectivity index (χ4n) is 1.05. The third-order valence-corrected chi connectivity index (χ3v) is 5.62. The molecular weight excluding hydrogens is 366 g/mol. The molecule has 0 saturated carbocycles. The number of halogens is 2. The highest BCUT2D eigenvalue weighted by molar-refractivity contribution is 9.10. The number of benzene rings is 1. The van der Waals surface area contributed by atoms with Crippen molar-refractivity contribution in [1.82, 2.24) is 0 Å². The third kappa shape index (κ3) is 5.55. The van der Waals surface area contributed by atoms with Gasteiger partial charge in [0.25, 0.3) is 0 Å². The van der Waals surface area contributed by atoms with E-state index in [9.17, 15) is 16.8 Å². The van der Waals surface area contributed by atoms with Crippen molar-refractivity contribution in [2.24, 2.45) is 0 Å². The molecule has 0 fully saturated rings. The van der Waals surface area contributed by atoms with Crippen LogP contribution in [0, 0.1) is 0 Å². The SMILES string of the molecule is CS(=O)(=O)CCS(=O)(=O)Nc1ccc(Cl)c(Br)c1. The Labute approximate surface area is 120 Å². The van der Waals surface area contributed by atoms with E-state index in [0.717, 1.165) is 6.26 Å². The summed E-state index contributed by atoms with van der Waals surface area (Å²) < 4.78 is 47.9. The predicted molar refractivity (Wildman–Crippen MR) is 76.3 cm³/mol. The van der Waals surface area contributed by atoms with Crippen LogP contribution in [0.3, 0.4) is 0 Å². The van der Waals surface area contributed by atoms with Crippen LogP contribution in [-0.2, 0) is 19.9 Å². The highest BCUT2D eigenvalue weighted by atomic mass is 79.9. The molecule has 0 aromatic heterocycles. The summed E-state index contributed by atoms with van der Waals surface area (Å²) in [6.45, 7) is 0. The van der Waals surface area contributed by atoms with Gasteiger partial charge in [0.15, 0.2) is 0 Å². The van der Waals surface area contributed by atoms with Crippen molar-refractivity contribution in [1.29, 1.82) is 0 Å². The molecule has 1 N–H and O–H groups in total. The molecule has 0 bridgehead atoms. The van der Waals surface area contributed by atoms with E-state index < -0.39 is 31.4 Å². The fourth-order valence-corrected chi connectivity index (χ4v) is 4.22. The Kier molecular flexibility index (Phi) is 5.05. The Morgan fingerprint density at radius 1 is 1.22 bits per heavy atom. The van der Waals surface area contributed by atoms with Crippen LogP contribution in [-0.4, -0.2) is 34.6 Å². The number of hydrogen-bond acceptors (Lipinski definition) is 4. The van der Waals surface area contributed by atoms with E-state index in [-0.39, 0.29) is 0 Å². The maximum absolute atomic E-state index is 11.6. The monoisotopic (exact) mass is 375 g/mol. The average Bonchev–Trinajstić information content (AvgIpc) is 2.20. The molecule has 0 aliphatic carbocycles. The number of nitrogens with one attached hydrogen (secondary N) is 1. The normalized spacial score (nSPS) is 12.4. The first-order valence-electron chi connectivity index (χ1n) is 4.72. The summed E-state index contributed by atoms with van der Waals surface area (Å²) in [5.74, 6) is -0.900. The van der Waals surface area contributed by atoms with E-state index in [4.69, 9.17) is 11.6 Å². The van der Waals surface area contributed by atoms with E-state index >= 15 is 0 Å². The molecule has 9 heteroatoms. The molecule has 0 aliphatic rings. The summed E-state index contributed by atoms with van der Waals surface area (Å²) in [7, 11) is -7.00. The number of hydrogen-bond donors (Lipinski definition) is 1. The number of rotatable bonds is 5. The zero-order valence-electron chi connectivity index (χ0n) is 9.35. The fraction of sp³-hybridized carbons (Fsp3) is 0.333. The lowest BCUT2D eigenvalue weighted by atomic mass is 10.3. The molecule has 0 amide bonds. The molecule has 18 heavy (non-hydrogen) atoms. The largest absolute Gasteiger partial charge is 0.283 e. The minimum absolute atomic E-state index is 0.319. The first-order valence-corrected chi connectivity index (χ1v) is 9.61. The summed E-state index contributed by atoms with van der Waals surface area (Å²) in [5.41, 5.74) is 0.319. The van der Waals surface area contributed by atoms with Crippen molar-refractivity contribution < 1.29 is 16.8 Å². The minimum Gasteiger partial charge on any atom is -0.283 e. The van der Waals surface area contributed by atoms with E-state index in [1.54, 1.807) is 0 Å². The summed E-state index contributed by atoms with van der Waals surface area (Å²) in [6, 6.07) is 4.52. The van der Waals surface area contributed by atoms with Gasteiger partial charge in [0, 0.05) is 16.4 Å². The van der Waals surface area contributed by atoms with Gasteiger partial charge in [-0.05, 0) is 34.1 Å². The predicted octanol–water partition coefficient (Wildman–Crippen LogP) is 1.89. The molecule has 102 valence electrons. The Morgan fingerprint density at radius 2 is 1.83 bits per heavy atom. The Morgan fingerprint density at radius 3 is 2.33 bits per heavy atom. The van der Waals surface area contributed by atoms with Crippen molar-refractivity contribution in [3.8, 4) is 0 Å². The second kappa shape index (κ2) is 5.77. The van der Waals surface area contributed by atoms with Gasteiger partial charge in [0.1, 0.15) is 9.84 Å². The first-order chi connectivity index (χ1) is 8.09. The summed E-state index contributed by atoms with van der Waals surface area (Å²) in [4.78, 5) is 0. The number of sulfonamides is 1. The van der Waals surface area contributed by atoms with Crippen molar-refractivity contribution in [3.63, 3.8) is 0 Å². The van der Waals surface area contributed by atoms with E-state index in [0.29, 0.717) is 15.2 Å². The van der Waals surface area contributed by atoms with Gasteiger partial charge < -0.3 is 0 Å². The number of anilines is 1. The molecule has 1 aromatic carbocycles. The van der Waals surface area contributed by atoms with E-state index in [2.05, 4.69) is 20.7 Å². The zero-order valence-corrected chi connectivity index (χ0v) is 13.3. The van der Waals surface area contributed by atoms with Crippen LogP contribution in [0.25, 0.3) is 0 Å². The molecule has 0 spiro atoms. The lowest BCUT2D eigenvalue weighted by molar-refractivity contribution is 0.593. The smallest absolute Gasteiger partial charge is 0.233 e. The van der Waals surface area contributed by atoms with Gasteiger partial charge in [-0.15, -0.1) is 0 Å². The van der Waals surface area contributed by atoms with Gasteiger partial charge in [-0.1, -0.05) is 11.6 Å². The maximum Gasteiger partial charge on any atom is 0.233 e. The molecule has 5 nitrogen and oxygen atoms in total. The van der Waals surface area contributed by atoms with Crippen molar-refractivity contribution in [3.05, 3.63) is 27.7 Å². The second-order valence-corrected chi connectivity index (χ2v) is 9.04. The molecule has 0 unspecified atom stereocenters. The summed E-state index contributed by atoms with van der Waals surface area (Å²) in [5, 5.41) is 0.453. The third-order valence-electron chi connectivity index (χ3n) is 1.92. The molecule has 1 aromatic rings. The van der Waals surface area contributed by atoms with Gasteiger partial charge in [-0.25, -0.2) is 16.8 Å². The Bertz CT molecular complexity index is 643. The molecule has 0 saturated heterocycles. The molecular formula is C9H11BrClNO4S2. The summed E-state index contributed by atoms with van der Waals surface area (Å²) >= 11 is 8.93. The van der Waals surface area contributed by atoms with E-state index in [1.807, 2.05) is 0 Å². The second-order valence-electron chi connectivity index (χ2n) is 3.68. The van der Waals surface area contributed by atoms with Gasteiger partial charge in [0.2, 0.25) is 10.0 Å². The first kappa shape index (κ1) is 15.7.